The van der Waals surface area contributed by atoms with Gasteiger partial charge in [0.05, 0.1) is 25.4 Å². The highest BCUT2D eigenvalue weighted by Gasteiger charge is 2.75. The Balaban J connectivity index is 1.80. The van der Waals surface area contributed by atoms with Crippen LogP contribution in [0.4, 0.5) is 0 Å². The van der Waals surface area contributed by atoms with E-state index < -0.39 is 135 Å². The van der Waals surface area contributed by atoms with E-state index in [9.17, 15) is 71.5 Å². The fourth-order valence-electron chi connectivity index (χ4n) is 6.15. The second kappa shape index (κ2) is 12.8. The van der Waals surface area contributed by atoms with Gasteiger partial charge in [-0.05, 0) is 13.8 Å². The summed E-state index contributed by atoms with van der Waals surface area (Å²) in [4.78, 5) is 0. The van der Waals surface area contributed by atoms with Crippen LogP contribution in [0.1, 0.15) is 13.8 Å². The summed E-state index contributed by atoms with van der Waals surface area (Å²) in [5.41, 5.74) is -3.47. The van der Waals surface area contributed by atoms with Crippen LogP contribution < -0.4 is 0 Å². The van der Waals surface area contributed by atoms with E-state index >= 15 is 0 Å². The number of hydrogen-bond donors (Lipinski definition) is 14. The van der Waals surface area contributed by atoms with Crippen molar-refractivity contribution >= 4 is 0 Å². The third kappa shape index (κ3) is 5.52. The Hall–Kier alpha value is -0.760. The summed E-state index contributed by atoms with van der Waals surface area (Å²) >= 11 is 0. The van der Waals surface area contributed by atoms with Gasteiger partial charge in [-0.25, -0.2) is 0 Å². The van der Waals surface area contributed by atoms with Gasteiger partial charge in [0.1, 0.15) is 91.6 Å². The summed E-state index contributed by atoms with van der Waals surface area (Å²) < 4.78 is 27.5. The molecule has 19 heteroatoms. The van der Waals surface area contributed by atoms with Crippen molar-refractivity contribution in [3.05, 3.63) is 0 Å². The van der Waals surface area contributed by atoms with Crippen LogP contribution in [0.3, 0.4) is 0 Å². The lowest BCUT2D eigenvalue weighted by molar-refractivity contribution is -0.466. The fourth-order valence-corrected chi connectivity index (χ4v) is 6.15. The first-order chi connectivity index (χ1) is 20.0. The predicted octanol–water partition coefficient (Wildman–Crippen LogP) is -8.92. The molecule has 0 amide bonds. The van der Waals surface area contributed by atoms with E-state index in [1.165, 1.54) is 13.8 Å². The normalized spacial score (nSPS) is 58.3. The largest absolute Gasteiger partial charge is 0.394 e. The van der Waals surface area contributed by atoms with Gasteiger partial charge >= 0.3 is 0 Å². The van der Waals surface area contributed by atoms with Gasteiger partial charge in [0.15, 0.2) is 11.9 Å². The molecule has 0 bridgehead atoms. The van der Waals surface area contributed by atoms with Crippen molar-refractivity contribution in [2.24, 2.45) is 0 Å². The van der Waals surface area contributed by atoms with E-state index in [4.69, 9.17) is 23.7 Å². The fraction of sp³-hybridized carbons (Fsp3) is 1.00. The first kappa shape index (κ1) is 35.1. The van der Waals surface area contributed by atoms with Crippen LogP contribution in [0, 0.1) is 0 Å². The Morgan fingerprint density at radius 3 is 1.53 bits per heavy atom. The van der Waals surface area contributed by atoms with E-state index in [1.54, 1.807) is 0 Å². The van der Waals surface area contributed by atoms with Crippen molar-refractivity contribution in [2.75, 3.05) is 13.2 Å². The zero-order valence-electron chi connectivity index (χ0n) is 23.1. The number of rotatable bonds is 6. The third-order valence-electron chi connectivity index (χ3n) is 8.88. The first-order valence-electron chi connectivity index (χ1n) is 13.7. The Bertz CT molecular complexity index is 944. The molecule has 3 unspecified atom stereocenters. The molecule has 14 N–H and O–H groups in total. The van der Waals surface area contributed by atoms with Crippen LogP contribution in [0.5, 0.6) is 0 Å². The summed E-state index contributed by atoms with van der Waals surface area (Å²) in [7, 11) is 0. The predicted molar refractivity (Wildman–Crippen MR) is 131 cm³/mol. The number of ether oxygens (including phenoxy) is 5. The Kier molecular flexibility index (Phi) is 10.4. The maximum atomic E-state index is 12.2. The SMILES string of the molecule is C[C@@H]1OC(C2(O)O[C@H](CO)[C@@H](O[C@@H]3O[C@H](CO)[C@H](O)[C@H](O)[C@H]3O)[C@H](O)[C@]2(O)C2O[C@@H](C)[C@@H](O)[C@@H](O)[C@@H]2O)[C@@H](O)[C@H](O)[C@@H]1O. The maximum absolute atomic E-state index is 12.2. The van der Waals surface area contributed by atoms with Gasteiger partial charge in [-0.1, -0.05) is 0 Å². The van der Waals surface area contributed by atoms with Crippen LogP contribution >= 0.6 is 0 Å². The van der Waals surface area contributed by atoms with Gasteiger partial charge in [-0.2, -0.15) is 0 Å². The van der Waals surface area contributed by atoms with E-state index in [-0.39, 0.29) is 0 Å². The standard InChI is InChI=1S/C24H42O19/c1-5-9(27)12(30)15(33)20(39-5)23(37)19(36)18(42-22-17(35)14(32)11(29)7(3-25)41-22)8(4-26)43-24(23,38)21-16(34)13(31)10(28)6(2)40-21/h5-22,25-38H,3-4H2,1-2H3/t5-,6-,7+,8+,9+,10+,11-,12+,13+,14-,15-,16-,17+,18+,19-,20?,21?,22-,23-,24?/m0/s1. The van der Waals surface area contributed by atoms with E-state index in [0.29, 0.717) is 0 Å². The summed E-state index contributed by atoms with van der Waals surface area (Å²) in [6.07, 6.45) is -35.3. The second-order valence-electron chi connectivity index (χ2n) is 11.6. The van der Waals surface area contributed by atoms with Crippen LogP contribution in [-0.2, 0) is 23.7 Å². The molecule has 0 aromatic carbocycles. The molecule has 0 aliphatic carbocycles. The molecule has 4 heterocycles. The molecule has 19 nitrogen and oxygen atoms in total. The Morgan fingerprint density at radius 2 is 1.02 bits per heavy atom. The minimum atomic E-state index is -3.47. The highest BCUT2D eigenvalue weighted by Crippen LogP contribution is 2.49. The van der Waals surface area contributed by atoms with Crippen molar-refractivity contribution in [3.63, 3.8) is 0 Å². The van der Waals surface area contributed by atoms with Gasteiger partial charge in [0, 0.05) is 0 Å². The average Bonchev–Trinajstić information content (AvgIpc) is 2.98. The molecule has 0 saturated carbocycles. The van der Waals surface area contributed by atoms with Gasteiger partial charge in [-0.3, -0.25) is 0 Å². The average molecular weight is 635 g/mol. The molecule has 43 heavy (non-hydrogen) atoms. The smallest absolute Gasteiger partial charge is 0.230 e. The monoisotopic (exact) mass is 634 g/mol. The van der Waals surface area contributed by atoms with Crippen molar-refractivity contribution in [2.45, 2.75) is 135 Å². The molecule has 0 spiro atoms. The number of aliphatic hydroxyl groups excluding tert-OH is 12. The lowest BCUT2D eigenvalue weighted by Gasteiger charge is -2.61. The lowest BCUT2D eigenvalue weighted by Crippen LogP contribution is -2.85. The molecule has 20 atom stereocenters. The Morgan fingerprint density at radius 1 is 0.558 bits per heavy atom. The molecular formula is C24H42O19. The van der Waals surface area contributed by atoms with Crippen LogP contribution in [0.25, 0.3) is 0 Å². The van der Waals surface area contributed by atoms with Crippen LogP contribution in [0.2, 0.25) is 0 Å². The molecule has 4 fully saturated rings. The third-order valence-corrected chi connectivity index (χ3v) is 8.88. The van der Waals surface area contributed by atoms with Gasteiger partial charge in [-0.15, -0.1) is 0 Å². The summed E-state index contributed by atoms with van der Waals surface area (Å²) in [5.74, 6) is -3.47. The molecule has 4 rings (SSSR count). The summed E-state index contributed by atoms with van der Waals surface area (Å²) in [5, 5.41) is 149. The zero-order chi connectivity index (χ0) is 32.3. The molecular weight excluding hydrogens is 592 g/mol. The molecule has 0 radical (unpaired) electrons. The molecule has 4 saturated heterocycles. The minimum absolute atomic E-state index is 0.870. The molecule has 0 aromatic rings. The van der Waals surface area contributed by atoms with E-state index in [1.807, 2.05) is 0 Å². The van der Waals surface area contributed by atoms with Gasteiger partial charge < -0.3 is 95.2 Å². The van der Waals surface area contributed by atoms with E-state index in [2.05, 4.69) is 0 Å². The van der Waals surface area contributed by atoms with Crippen molar-refractivity contribution in [3.8, 4) is 0 Å². The van der Waals surface area contributed by atoms with Gasteiger partial charge in [0.2, 0.25) is 5.79 Å². The Labute approximate surface area is 244 Å². The topological polar surface area (TPSA) is 329 Å². The van der Waals surface area contributed by atoms with Crippen molar-refractivity contribution in [1.29, 1.82) is 0 Å². The van der Waals surface area contributed by atoms with Gasteiger partial charge in [0.25, 0.3) is 0 Å². The number of hydrogen-bond acceptors (Lipinski definition) is 19. The molecule has 252 valence electrons. The van der Waals surface area contributed by atoms with Crippen LogP contribution in [-0.4, -0.2) is 206 Å². The van der Waals surface area contributed by atoms with Crippen molar-refractivity contribution < 1.29 is 95.2 Å². The number of aliphatic hydroxyl groups is 14. The minimum Gasteiger partial charge on any atom is -0.394 e. The van der Waals surface area contributed by atoms with E-state index in [0.717, 1.165) is 0 Å². The molecule has 4 aliphatic rings. The maximum Gasteiger partial charge on any atom is 0.230 e. The molecule has 4 aliphatic heterocycles. The second-order valence-corrected chi connectivity index (χ2v) is 11.6. The highest BCUT2D eigenvalue weighted by molar-refractivity contribution is 5.19. The summed E-state index contributed by atoms with van der Waals surface area (Å²) in [6.45, 7) is 0.424. The lowest BCUT2D eigenvalue weighted by atomic mass is 9.68. The van der Waals surface area contributed by atoms with Crippen LogP contribution in [0.15, 0.2) is 0 Å². The molecule has 0 aromatic heterocycles. The summed E-state index contributed by atoms with van der Waals surface area (Å²) in [6, 6.07) is 0. The highest BCUT2D eigenvalue weighted by atomic mass is 16.7. The zero-order valence-corrected chi connectivity index (χ0v) is 23.1. The first-order valence-corrected chi connectivity index (χ1v) is 13.7. The quantitative estimate of drug-likeness (QED) is 0.129. The van der Waals surface area contributed by atoms with Crippen molar-refractivity contribution in [1.82, 2.24) is 0 Å².